The summed E-state index contributed by atoms with van der Waals surface area (Å²) in [6, 6.07) is 5.04. The standard InChI is InChI=1S/C16H27N3/c1-3-13-8-6-5-7-11-19(13)14-9-10-16(18-12-14)15(17)4-2/h9-10,12-13,15H,3-8,11,17H2,1-2H3/t13?,15-/m1/s1. The molecular formula is C16H27N3. The molecule has 3 nitrogen and oxygen atoms in total. The van der Waals surface area contributed by atoms with Crippen molar-refractivity contribution >= 4 is 5.69 Å². The molecule has 2 rings (SSSR count). The van der Waals surface area contributed by atoms with Crippen LogP contribution in [-0.4, -0.2) is 17.6 Å². The maximum absolute atomic E-state index is 6.03. The van der Waals surface area contributed by atoms with Gasteiger partial charge in [0.15, 0.2) is 0 Å². The van der Waals surface area contributed by atoms with Gasteiger partial charge in [0.05, 0.1) is 17.6 Å². The van der Waals surface area contributed by atoms with Gasteiger partial charge in [-0.25, -0.2) is 0 Å². The number of nitrogens with two attached hydrogens (primary N) is 1. The molecule has 0 aromatic carbocycles. The van der Waals surface area contributed by atoms with Gasteiger partial charge in [0.1, 0.15) is 0 Å². The highest BCUT2D eigenvalue weighted by molar-refractivity contribution is 5.46. The van der Waals surface area contributed by atoms with E-state index < -0.39 is 0 Å². The van der Waals surface area contributed by atoms with Crippen molar-refractivity contribution in [2.75, 3.05) is 11.4 Å². The zero-order valence-electron chi connectivity index (χ0n) is 12.3. The van der Waals surface area contributed by atoms with Gasteiger partial charge < -0.3 is 10.6 Å². The molecule has 1 aromatic rings. The molecule has 0 radical (unpaired) electrons. The Morgan fingerprint density at radius 3 is 2.79 bits per heavy atom. The second kappa shape index (κ2) is 6.90. The highest BCUT2D eigenvalue weighted by Gasteiger charge is 2.20. The van der Waals surface area contributed by atoms with Gasteiger partial charge in [-0.1, -0.05) is 26.7 Å². The van der Waals surface area contributed by atoms with E-state index in [1.165, 1.54) is 44.3 Å². The molecule has 1 saturated heterocycles. The van der Waals surface area contributed by atoms with Crippen LogP contribution in [0.5, 0.6) is 0 Å². The fourth-order valence-corrected chi connectivity index (χ4v) is 2.94. The Balaban J connectivity index is 2.14. The summed E-state index contributed by atoms with van der Waals surface area (Å²) in [5, 5.41) is 0. The molecule has 1 aliphatic heterocycles. The summed E-state index contributed by atoms with van der Waals surface area (Å²) in [6.45, 7) is 5.55. The first-order valence-electron chi connectivity index (χ1n) is 7.74. The topological polar surface area (TPSA) is 42.1 Å². The lowest BCUT2D eigenvalue weighted by Gasteiger charge is -2.31. The Bertz CT molecular complexity index is 374. The minimum atomic E-state index is 0.0696. The summed E-state index contributed by atoms with van der Waals surface area (Å²) in [7, 11) is 0. The summed E-state index contributed by atoms with van der Waals surface area (Å²) in [5.74, 6) is 0. The van der Waals surface area contributed by atoms with Gasteiger partial charge in [-0.05, 0) is 37.8 Å². The third-order valence-electron chi connectivity index (χ3n) is 4.27. The molecule has 1 aliphatic rings. The quantitative estimate of drug-likeness (QED) is 0.899. The molecular weight excluding hydrogens is 234 g/mol. The Morgan fingerprint density at radius 2 is 2.16 bits per heavy atom. The Kier molecular flexibility index (Phi) is 5.20. The number of anilines is 1. The maximum atomic E-state index is 6.03. The fourth-order valence-electron chi connectivity index (χ4n) is 2.94. The van der Waals surface area contributed by atoms with Crippen molar-refractivity contribution in [3.05, 3.63) is 24.0 Å². The molecule has 0 spiro atoms. The zero-order chi connectivity index (χ0) is 13.7. The number of pyridine rings is 1. The van der Waals surface area contributed by atoms with Crippen LogP contribution < -0.4 is 10.6 Å². The van der Waals surface area contributed by atoms with Crippen molar-refractivity contribution in [1.82, 2.24) is 4.98 Å². The molecule has 3 heteroatoms. The molecule has 1 unspecified atom stereocenters. The number of hydrogen-bond acceptors (Lipinski definition) is 3. The molecule has 0 bridgehead atoms. The Hall–Kier alpha value is -1.09. The molecule has 0 amide bonds. The Morgan fingerprint density at radius 1 is 1.32 bits per heavy atom. The van der Waals surface area contributed by atoms with Gasteiger partial charge in [-0.2, -0.15) is 0 Å². The van der Waals surface area contributed by atoms with Gasteiger partial charge in [0, 0.05) is 18.6 Å². The Labute approximate surface area is 117 Å². The molecule has 19 heavy (non-hydrogen) atoms. The van der Waals surface area contributed by atoms with E-state index in [2.05, 4.69) is 35.9 Å². The smallest absolute Gasteiger partial charge is 0.0572 e. The van der Waals surface area contributed by atoms with Crippen LogP contribution in [0.4, 0.5) is 5.69 Å². The lowest BCUT2D eigenvalue weighted by atomic mass is 10.1. The van der Waals surface area contributed by atoms with Crippen molar-refractivity contribution < 1.29 is 0 Å². The summed E-state index contributed by atoms with van der Waals surface area (Å²) in [5.41, 5.74) is 8.30. The molecule has 0 saturated carbocycles. The van der Waals surface area contributed by atoms with Gasteiger partial charge in [-0.3, -0.25) is 4.98 Å². The van der Waals surface area contributed by atoms with Crippen molar-refractivity contribution in [2.24, 2.45) is 5.73 Å². The van der Waals surface area contributed by atoms with E-state index in [0.717, 1.165) is 12.1 Å². The number of aromatic nitrogens is 1. The van der Waals surface area contributed by atoms with Gasteiger partial charge in [0.2, 0.25) is 0 Å². The van der Waals surface area contributed by atoms with E-state index in [1.54, 1.807) is 0 Å². The van der Waals surface area contributed by atoms with E-state index in [0.29, 0.717) is 6.04 Å². The predicted molar refractivity (Wildman–Crippen MR) is 81.3 cm³/mol. The molecule has 0 aliphatic carbocycles. The summed E-state index contributed by atoms with van der Waals surface area (Å²) >= 11 is 0. The average Bonchev–Trinajstić information content (AvgIpc) is 2.71. The van der Waals surface area contributed by atoms with E-state index in [9.17, 15) is 0 Å². The molecule has 106 valence electrons. The van der Waals surface area contributed by atoms with Crippen molar-refractivity contribution in [1.29, 1.82) is 0 Å². The van der Waals surface area contributed by atoms with E-state index in [4.69, 9.17) is 5.73 Å². The first-order chi connectivity index (χ1) is 9.26. The summed E-state index contributed by atoms with van der Waals surface area (Å²) in [4.78, 5) is 7.10. The average molecular weight is 261 g/mol. The number of nitrogens with zero attached hydrogens (tertiary/aromatic N) is 2. The van der Waals surface area contributed by atoms with E-state index in [1.807, 2.05) is 6.20 Å². The minimum absolute atomic E-state index is 0.0696. The van der Waals surface area contributed by atoms with Gasteiger partial charge in [0.25, 0.3) is 0 Å². The largest absolute Gasteiger partial charge is 0.367 e. The first kappa shape index (κ1) is 14.3. The highest BCUT2D eigenvalue weighted by Crippen LogP contribution is 2.26. The second-order valence-electron chi connectivity index (χ2n) is 5.56. The maximum Gasteiger partial charge on any atom is 0.0572 e. The van der Waals surface area contributed by atoms with Crippen LogP contribution in [0.15, 0.2) is 18.3 Å². The van der Waals surface area contributed by atoms with Crippen LogP contribution >= 0.6 is 0 Å². The monoisotopic (exact) mass is 261 g/mol. The van der Waals surface area contributed by atoms with E-state index in [-0.39, 0.29) is 6.04 Å². The SMILES string of the molecule is CCC1CCCCCN1c1ccc([C@H](N)CC)nc1. The fraction of sp³-hybridized carbons (Fsp3) is 0.688. The normalized spacial score (nSPS) is 22.1. The first-order valence-corrected chi connectivity index (χ1v) is 7.74. The molecule has 1 aromatic heterocycles. The predicted octanol–water partition coefficient (Wildman–Crippen LogP) is 3.65. The highest BCUT2D eigenvalue weighted by atomic mass is 15.2. The third-order valence-corrected chi connectivity index (χ3v) is 4.27. The molecule has 2 atom stereocenters. The van der Waals surface area contributed by atoms with Crippen LogP contribution in [-0.2, 0) is 0 Å². The van der Waals surface area contributed by atoms with Crippen LogP contribution in [0.2, 0.25) is 0 Å². The van der Waals surface area contributed by atoms with Crippen LogP contribution in [0, 0.1) is 0 Å². The zero-order valence-corrected chi connectivity index (χ0v) is 12.3. The summed E-state index contributed by atoms with van der Waals surface area (Å²) in [6.07, 6.45) is 9.50. The molecule has 2 N–H and O–H groups in total. The lowest BCUT2D eigenvalue weighted by molar-refractivity contribution is 0.555. The van der Waals surface area contributed by atoms with E-state index >= 15 is 0 Å². The summed E-state index contributed by atoms with van der Waals surface area (Å²) < 4.78 is 0. The minimum Gasteiger partial charge on any atom is -0.367 e. The van der Waals surface area contributed by atoms with Crippen molar-refractivity contribution in [2.45, 2.75) is 64.5 Å². The number of hydrogen-bond donors (Lipinski definition) is 1. The van der Waals surface area contributed by atoms with Crippen LogP contribution in [0.3, 0.4) is 0 Å². The van der Waals surface area contributed by atoms with Gasteiger partial charge in [-0.15, -0.1) is 0 Å². The lowest BCUT2D eigenvalue weighted by Crippen LogP contribution is -2.34. The van der Waals surface area contributed by atoms with Crippen molar-refractivity contribution in [3.63, 3.8) is 0 Å². The molecule has 2 heterocycles. The molecule has 1 fully saturated rings. The van der Waals surface area contributed by atoms with Crippen molar-refractivity contribution in [3.8, 4) is 0 Å². The van der Waals surface area contributed by atoms with Crippen LogP contribution in [0.25, 0.3) is 0 Å². The van der Waals surface area contributed by atoms with Gasteiger partial charge >= 0.3 is 0 Å². The number of rotatable bonds is 4. The van der Waals surface area contributed by atoms with Crippen LogP contribution in [0.1, 0.15) is 64.1 Å². The second-order valence-corrected chi connectivity index (χ2v) is 5.56. The third kappa shape index (κ3) is 3.47.